The van der Waals surface area contributed by atoms with Gasteiger partial charge in [0.15, 0.2) is 0 Å². The zero-order chi connectivity index (χ0) is 11.0. The van der Waals surface area contributed by atoms with Crippen LogP contribution in [0.15, 0.2) is 0 Å². The number of methoxy groups -OCH3 is 1. The molecule has 0 spiro atoms. The standard InChI is InChI=1S/C9H21N5O/c1-10-9-11-7-6(8(12-9)15-4)13(2)5-14(7)3/h6-12H,5H2,1-4H3. The molecule has 4 unspecified atom stereocenters. The fourth-order valence-electron chi connectivity index (χ4n) is 2.51. The van der Waals surface area contributed by atoms with Crippen LogP contribution in [0.3, 0.4) is 0 Å². The first-order chi connectivity index (χ1) is 7.17. The van der Waals surface area contributed by atoms with Crippen molar-refractivity contribution in [3.05, 3.63) is 0 Å². The number of nitrogens with one attached hydrogen (secondary N) is 3. The molecule has 15 heavy (non-hydrogen) atoms. The van der Waals surface area contributed by atoms with Crippen LogP contribution in [0.4, 0.5) is 0 Å². The van der Waals surface area contributed by atoms with Gasteiger partial charge in [-0.15, -0.1) is 0 Å². The van der Waals surface area contributed by atoms with Crippen molar-refractivity contribution in [3.8, 4) is 0 Å². The number of nitrogens with zero attached hydrogens (tertiary/aromatic N) is 2. The lowest BCUT2D eigenvalue weighted by Crippen LogP contribution is -2.72. The monoisotopic (exact) mass is 215 g/mol. The third-order valence-electron chi connectivity index (χ3n) is 3.27. The second-order valence-corrected chi connectivity index (χ2v) is 4.30. The molecular formula is C9H21N5O. The maximum absolute atomic E-state index is 5.50. The fraction of sp³-hybridized carbons (Fsp3) is 1.00. The molecule has 2 rings (SSSR count). The molecule has 2 fully saturated rings. The Bertz CT molecular complexity index is 227. The molecule has 0 radical (unpaired) electrons. The Balaban J connectivity index is 2.13. The van der Waals surface area contributed by atoms with E-state index in [-0.39, 0.29) is 12.5 Å². The van der Waals surface area contributed by atoms with E-state index < -0.39 is 0 Å². The van der Waals surface area contributed by atoms with Gasteiger partial charge in [-0.3, -0.25) is 25.8 Å². The van der Waals surface area contributed by atoms with Crippen LogP contribution in [-0.4, -0.2) is 69.4 Å². The first-order valence-corrected chi connectivity index (χ1v) is 5.30. The summed E-state index contributed by atoms with van der Waals surface area (Å²) in [6, 6.07) is 0.351. The van der Waals surface area contributed by atoms with Gasteiger partial charge in [0.05, 0.1) is 18.9 Å². The molecule has 0 saturated carbocycles. The Labute approximate surface area is 90.9 Å². The predicted molar refractivity (Wildman–Crippen MR) is 57.9 cm³/mol. The van der Waals surface area contributed by atoms with E-state index in [2.05, 4.69) is 39.8 Å². The molecule has 6 nitrogen and oxygen atoms in total. The van der Waals surface area contributed by atoms with Crippen molar-refractivity contribution in [2.45, 2.75) is 24.7 Å². The molecule has 6 heteroatoms. The van der Waals surface area contributed by atoms with Crippen LogP contribution in [0.1, 0.15) is 0 Å². The minimum Gasteiger partial charge on any atom is -0.365 e. The normalized spacial score (nSPS) is 43.2. The molecule has 2 aliphatic heterocycles. The van der Waals surface area contributed by atoms with Gasteiger partial charge in [-0.25, -0.2) is 0 Å². The van der Waals surface area contributed by atoms with E-state index in [9.17, 15) is 0 Å². The number of fused-ring (bicyclic) bond motifs is 1. The predicted octanol–water partition coefficient (Wildman–Crippen LogP) is -1.82. The topological polar surface area (TPSA) is 51.8 Å². The highest BCUT2D eigenvalue weighted by Crippen LogP contribution is 2.22. The van der Waals surface area contributed by atoms with Crippen LogP contribution in [-0.2, 0) is 4.74 Å². The van der Waals surface area contributed by atoms with Gasteiger partial charge in [-0.1, -0.05) is 0 Å². The Morgan fingerprint density at radius 3 is 2.60 bits per heavy atom. The summed E-state index contributed by atoms with van der Waals surface area (Å²) in [7, 11) is 7.92. The third-order valence-corrected chi connectivity index (χ3v) is 3.27. The Morgan fingerprint density at radius 2 is 2.00 bits per heavy atom. The maximum Gasteiger partial charge on any atom is 0.128 e. The molecule has 0 aromatic heterocycles. The summed E-state index contributed by atoms with van der Waals surface area (Å²) < 4.78 is 5.50. The molecule has 2 heterocycles. The minimum atomic E-state index is 0.0589. The first-order valence-electron chi connectivity index (χ1n) is 5.30. The molecule has 3 N–H and O–H groups in total. The number of ether oxygens (including phenoxy) is 1. The highest BCUT2D eigenvalue weighted by Gasteiger charge is 2.45. The van der Waals surface area contributed by atoms with E-state index in [1.54, 1.807) is 7.11 Å². The van der Waals surface area contributed by atoms with Crippen molar-refractivity contribution in [2.75, 3.05) is 34.9 Å². The quantitative estimate of drug-likeness (QED) is 0.504. The van der Waals surface area contributed by atoms with Crippen molar-refractivity contribution in [1.82, 2.24) is 25.8 Å². The van der Waals surface area contributed by atoms with Crippen molar-refractivity contribution in [3.63, 3.8) is 0 Å². The second-order valence-electron chi connectivity index (χ2n) is 4.30. The van der Waals surface area contributed by atoms with Crippen LogP contribution in [0, 0.1) is 0 Å². The van der Waals surface area contributed by atoms with Crippen molar-refractivity contribution >= 4 is 0 Å². The van der Waals surface area contributed by atoms with Crippen LogP contribution in [0.2, 0.25) is 0 Å². The van der Waals surface area contributed by atoms with Gasteiger partial charge in [-0.05, 0) is 21.1 Å². The Hall–Kier alpha value is -0.240. The summed E-state index contributed by atoms with van der Waals surface area (Å²) in [5, 5.41) is 10.0. The SMILES string of the molecule is CNC1NC(OC)C2C(N1)N(C)CN2C. The van der Waals surface area contributed by atoms with Gasteiger partial charge in [0, 0.05) is 7.11 Å². The molecule has 4 atom stereocenters. The summed E-state index contributed by atoms with van der Waals surface area (Å²) in [6.45, 7) is 0.959. The summed E-state index contributed by atoms with van der Waals surface area (Å²) in [4.78, 5) is 4.59. The van der Waals surface area contributed by atoms with Gasteiger partial charge in [-0.2, -0.15) is 0 Å². The van der Waals surface area contributed by atoms with Crippen molar-refractivity contribution < 1.29 is 4.74 Å². The lowest BCUT2D eigenvalue weighted by Gasteiger charge is -2.42. The first kappa shape index (κ1) is 11.3. The maximum atomic E-state index is 5.50. The highest BCUT2D eigenvalue weighted by atomic mass is 16.5. The molecule has 0 aliphatic carbocycles. The number of rotatable bonds is 2. The number of likely N-dealkylation sites (N-methyl/N-ethyl adjacent to an activating group) is 2. The fourth-order valence-corrected chi connectivity index (χ4v) is 2.51. The molecule has 0 bridgehead atoms. The summed E-state index contributed by atoms with van der Waals surface area (Å²) in [5.74, 6) is 0. The van der Waals surface area contributed by atoms with E-state index in [0.29, 0.717) is 12.2 Å². The second kappa shape index (κ2) is 4.32. The number of hydrogen-bond acceptors (Lipinski definition) is 6. The van der Waals surface area contributed by atoms with E-state index in [0.717, 1.165) is 6.67 Å². The van der Waals surface area contributed by atoms with Crippen molar-refractivity contribution in [1.29, 1.82) is 0 Å². The molecule has 88 valence electrons. The Morgan fingerprint density at radius 1 is 1.27 bits per heavy atom. The molecule has 0 aromatic carbocycles. The van der Waals surface area contributed by atoms with Gasteiger partial charge >= 0.3 is 0 Å². The summed E-state index contributed by atoms with van der Waals surface area (Å²) >= 11 is 0. The summed E-state index contributed by atoms with van der Waals surface area (Å²) in [6.07, 6.45) is 0.493. The highest BCUT2D eigenvalue weighted by molar-refractivity contribution is 4.97. The van der Waals surface area contributed by atoms with Gasteiger partial charge in [0.1, 0.15) is 12.5 Å². The molecule has 0 amide bonds. The molecule has 2 saturated heterocycles. The van der Waals surface area contributed by atoms with E-state index in [4.69, 9.17) is 4.74 Å². The Kier molecular flexibility index (Phi) is 3.24. The lowest BCUT2D eigenvalue weighted by atomic mass is 10.1. The minimum absolute atomic E-state index is 0.0589. The zero-order valence-electron chi connectivity index (χ0n) is 9.82. The smallest absolute Gasteiger partial charge is 0.128 e. The zero-order valence-corrected chi connectivity index (χ0v) is 9.82. The van der Waals surface area contributed by atoms with Gasteiger partial charge < -0.3 is 4.74 Å². The third kappa shape index (κ3) is 1.89. The van der Waals surface area contributed by atoms with Gasteiger partial charge in [0.25, 0.3) is 0 Å². The molecule has 2 aliphatic rings. The molecular weight excluding hydrogens is 194 g/mol. The van der Waals surface area contributed by atoms with E-state index >= 15 is 0 Å². The lowest BCUT2D eigenvalue weighted by molar-refractivity contribution is -0.0388. The van der Waals surface area contributed by atoms with Crippen LogP contribution < -0.4 is 16.0 Å². The average Bonchev–Trinajstić information content (AvgIpc) is 2.53. The average molecular weight is 215 g/mol. The summed E-state index contributed by atoms with van der Waals surface area (Å²) in [5.41, 5.74) is 0. The molecule has 0 aromatic rings. The van der Waals surface area contributed by atoms with Crippen LogP contribution in [0.25, 0.3) is 0 Å². The number of hydrogen-bond donors (Lipinski definition) is 3. The van der Waals surface area contributed by atoms with Gasteiger partial charge in [0.2, 0.25) is 0 Å². The van der Waals surface area contributed by atoms with Crippen LogP contribution >= 0.6 is 0 Å². The van der Waals surface area contributed by atoms with E-state index in [1.165, 1.54) is 0 Å². The largest absolute Gasteiger partial charge is 0.365 e. The van der Waals surface area contributed by atoms with Crippen molar-refractivity contribution in [2.24, 2.45) is 0 Å². The van der Waals surface area contributed by atoms with E-state index in [1.807, 2.05) is 7.05 Å². The van der Waals surface area contributed by atoms with Crippen LogP contribution in [0.5, 0.6) is 0 Å².